The number of imide groups is 1. The Labute approximate surface area is 104 Å². The molecule has 98 valence electrons. The third-order valence-electron chi connectivity index (χ3n) is 3.90. The highest BCUT2D eigenvalue weighted by Crippen LogP contribution is 2.25. The number of nitrogens with zero attached hydrogens (tertiary/aromatic N) is 1. The Balaban J connectivity index is 2.42. The van der Waals surface area contributed by atoms with Gasteiger partial charge in [-0.1, -0.05) is 20.8 Å². The van der Waals surface area contributed by atoms with Gasteiger partial charge in [-0.25, -0.2) is 0 Å². The molecule has 1 rings (SSSR count). The van der Waals surface area contributed by atoms with Crippen LogP contribution in [0.25, 0.3) is 0 Å². The summed E-state index contributed by atoms with van der Waals surface area (Å²) < 4.78 is 0. The molecule has 0 radical (unpaired) electrons. The molecule has 2 amide bonds. The van der Waals surface area contributed by atoms with E-state index in [0.717, 1.165) is 19.3 Å². The molecule has 0 saturated carbocycles. The van der Waals surface area contributed by atoms with Gasteiger partial charge in [-0.3, -0.25) is 14.5 Å². The van der Waals surface area contributed by atoms with Crippen molar-refractivity contribution in [2.75, 3.05) is 13.6 Å². The SMILES string of the molecule is CCC(CCCN1C(=O)C(C)C(C)C1=O)NC. The van der Waals surface area contributed by atoms with Crippen LogP contribution in [-0.2, 0) is 9.59 Å². The van der Waals surface area contributed by atoms with Crippen LogP contribution in [0.1, 0.15) is 40.0 Å². The highest BCUT2D eigenvalue weighted by atomic mass is 16.2. The largest absolute Gasteiger partial charge is 0.317 e. The first-order chi connectivity index (χ1) is 8.02. The number of carbonyl (C=O) groups is 2. The van der Waals surface area contributed by atoms with Gasteiger partial charge < -0.3 is 5.32 Å². The van der Waals surface area contributed by atoms with Gasteiger partial charge in [0.05, 0.1) is 0 Å². The van der Waals surface area contributed by atoms with Crippen LogP contribution in [0.2, 0.25) is 0 Å². The Morgan fingerprint density at radius 3 is 2.18 bits per heavy atom. The molecule has 0 spiro atoms. The maximum absolute atomic E-state index is 11.8. The molecule has 4 heteroatoms. The average molecular weight is 240 g/mol. The van der Waals surface area contributed by atoms with Gasteiger partial charge in [-0.15, -0.1) is 0 Å². The van der Waals surface area contributed by atoms with Crippen LogP contribution in [0.15, 0.2) is 0 Å². The Bertz CT molecular complexity index is 267. The predicted molar refractivity (Wildman–Crippen MR) is 67.4 cm³/mol. The van der Waals surface area contributed by atoms with Crippen molar-refractivity contribution < 1.29 is 9.59 Å². The van der Waals surface area contributed by atoms with E-state index in [1.165, 1.54) is 4.90 Å². The zero-order valence-corrected chi connectivity index (χ0v) is 11.3. The summed E-state index contributed by atoms with van der Waals surface area (Å²) in [5, 5.41) is 3.23. The Kier molecular flexibility index (Phi) is 5.12. The summed E-state index contributed by atoms with van der Waals surface area (Å²) in [6, 6.07) is 0.484. The second-order valence-corrected chi connectivity index (χ2v) is 4.94. The van der Waals surface area contributed by atoms with Gasteiger partial charge in [0.25, 0.3) is 0 Å². The zero-order valence-electron chi connectivity index (χ0n) is 11.3. The Hall–Kier alpha value is -0.900. The standard InChI is InChI=1S/C13H24N2O2/c1-5-11(14-4)7-6-8-15-12(16)9(2)10(3)13(15)17/h9-11,14H,5-8H2,1-4H3. The summed E-state index contributed by atoms with van der Waals surface area (Å²) in [5.74, 6) is -0.289. The summed E-state index contributed by atoms with van der Waals surface area (Å²) in [5.41, 5.74) is 0. The smallest absolute Gasteiger partial charge is 0.232 e. The third kappa shape index (κ3) is 3.06. The van der Waals surface area contributed by atoms with Crippen LogP contribution in [0.4, 0.5) is 0 Å². The van der Waals surface area contributed by atoms with Gasteiger partial charge >= 0.3 is 0 Å². The van der Waals surface area contributed by atoms with E-state index in [1.54, 1.807) is 0 Å². The normalized spacial score (nSPS) is 26.7. The molecule has 0 aromatic rings. The van der Waals surface area contributed by atoms with E-state index in [1.807, 2.05) is 20.9 Å². The molecule has 1 saturated heterocycles. The second-order valence-electron chi connectivity index (χ2n) is 4.94. The zero-order chi connectivity index (χ0) is 13.0. The number of nitrogens with one attached hydrogen (secondary N) is 1. The molecule has 3 unspecified atom stereocenters. The second kappa shape index (κ2) is 6.15. The quantitative estimate of drug-likeness (QED) is 0.714. The first-order valence-corrected chi connectivity index (χ1v) is 6.55. The molecule has 1 N–H and O–H groups in total. The van der Waals surface area contributed by atoms with E-state index in [-0.39, 0.29) is 23.7 Å². The molecule has 0 aliphatic carbocycles. The number of hydrogen-bond donors (Lipinski definition) is 1. The van der Waals surface area contributed by atoms with E-state index in [0.29, 0.717) is 12.6 Å². The van der Waals surface area contributed by atoms with E-state index < -0.39 is 0 Å². The maximum atomic E-state index is 11.8. The van der Waals surface area contributed by atoms with Crippen molar-refractivity contribution in [3.05, 3.63) is 0 Å². The van der Waals surface area contributed by atoms with Gasteiger partial charge in [0.1, 0.15) is 0 Å². The molecule has 4 nitrogen and oxygen atoms in total. The lowest BCUT2D eigenvalue weighted by atomic mass is 10.00. The van der Waals surface area contributed by atoms with Crippen molar-refractivity contribution in [3.63, 3.8) is 0 Å². The molecule has 1 aliphatic heterocycles. The van der Waals surface area contributed by atoms with E-state index in [4.69, 9.17) is 0 Å². The molecule has 3 atom stereocenters. The summed E-state index contributed by atoms with van der Waals surface area (Å²) >= 11 is 0. The lowest BCUT2D eigenvalue weighted by molar-refractivity contribution is -0.139. The Morgan fingerprint density at radius 2 is 1.76 bits per heavy atom. The lowest BCUT2D eigenvalue weighted by Crippen LogP contribution is -2.33. The van der Waals surface area contributed by atoms with E-state index in [9.17, 15) is 9.59 Å². The molecule has 0 bridgehead atoms. The van der Waals surface area contributed by atoms with Crippen LogP contribution >= 0.6 is 0 Å². The summed E-state index contributed by atoms with van der Waals surface area (Å²) in [6.45, 7) is 6.39. The minimum Gasteiger partial charge on any atom is -0.317 e. The molecule has 1 fully saturated rings. The fraction of sp³-hybridized carbons (Fsp3) is 0.846. The van der Waals surface area contributed by atoms with Crippen molar-refractivity contribution in [2.24, 2.45) is 11.8 Å². The minimum absolute atomic E-state index is 0.00000567. The van der Waals surface area contributed by atoms with Crippen LogP contribution < -0.4 is 5.32 Å². The monoisotopic (exact) mass is 240 g/mol. The fourth-order valence-electron chi connectivity index (χ4n) is 2.30. The molecular formula is C13H24N2O2. The summed E-state index contributed by atoms with van der Waals surface area (Å²) in [7, 11) is 1.95. The molecule has 1 heterocycles. The third-order valence-corrected chi connectivity index (χ3v) is 3.90. The maximum Gasteiger partial charge on any atom is 0.232 e. The number of rotatable bonds is 6. The van der Waals surface area contributed by atoms with Crippen molar-refractivity contribution in [1.82, 2.24) is 10.2 Å². The average Bonchev–Trinajstić information content (AvgIpc) is 2.51. The Morgan fingerprint density at radius 1 is 1.24 bits per heavy atom. The summed E-state index contributed by atoms with van der Waals surface area (Å²) in [4.78, 5) is 25.1. The van der Waals surface area contributed by atoms with Crippen molar-refractivity contribution >= 4 is 11.8 Å². The first kappa shape index (κ1) is 14.2. The fourth-order valence-corrected chi connectivity index (χ4v) is 2.30. The van der Waals surface area contributed by atoms with E-state index >= 15 is 0 Å². The van der Waals surface area contributed by atoms with Gasteiger partial charge in [0.2, 0.25) is 11.8 Å². The number of amides is 2. The van der Waals surface area contributed by atoms with Crippen molar-refractivity contribution in [1.29, 1.82) is 0 Å². The van der Waals surface area contributed by atoms with Crippen LogP contribution in [-0.4, -0.2) is 36.3 Å². The molecule has 1 aliphatic rings. The topological polar surface area (TPSA) is 49.4 Å². The van der Waals surface area contributed by atoms with Crippen LogP contribution in [0.3, 0.4) is 0 Å². The molecule has 0 aromatic heterocycles. The van der Waals surface area contributed by atoms with Gasteiger partial charge in [0, 0.05) is 24.4 Å². The predicted octanol–water partition coefficient (Wildman–Crippen LogP) is 1.41. The van der Waals surface area contributed by atoms with Gasteiger partial charge in [0.15, 0.2) is 0 Å². The highest BCUT2D eigenvalue weighted by molar-refractivity contribution is 6.04. The molecule has 0 aromatic carbocycles. The number of carbonyl (C=O) groups excluding carboxylic acids is 2. The first-order valence-electron chi connectivity index (χ1n) is 6.55. The van der Waals surface area contributed by atoms with Crippen molar-refractivity contribution in [3.8, 4) is 0 Å². The number of likely N-dealkylation sites (tertiary alicyclic amines) is 1. The van der Waals surface area contributed by atoms with Gasteiger partial charge in [-0.2, -0.15) is 0 Å². The van der Waals surface area contributed by atoms with E-state index in [2.05, 4.69) is 12.2 Å². The lowest BCUT2D eigenvalue weighted by Gasteiger charge is -2.17. The van der Waals surface area contributed by atoms with Crippen LogP contribution in [0, 0.1) is 11.8 Å². The number of hydrogen-bond acceptors (Lipinski definition) is 3. The highest BCUT2D eigenvalue weighted by Gasteiger charge is 2.41. The molecule has 17 heavy (non-hydrogen) atoms. The molecular weight excluding hydrogens is 216 g/mol. The van der Waals surface area contributed by atoms with Gasteiger partial charge in [-0.05, 0) is 26.3 Å². The minimum atomic E-state index is -0.145. The van der Waals surface area contributed by atoms with Crippen LogP contribution in [0.5, 0.6) is 0 Å². The summed E-state index contributed by atoms with van der Waals surface area (Å²) in [6.07, 6.45) is 2.97. The van der Waals surface area contributed by atoms with Crippen molar-refractivity contribution in [2.45, 2.75) is 46.1 Å².